The number of aromatic nitrogens is 2. The van der Waals surface area contributed by atoms with Gasteiger partial charge in [-0.05, 0) is 70.2 Å². The molecule has 0 aliphatic heterocycles. The summed E-state index contributed by atoms with van der Waals surface area (Å²) in [6.07, 6.45) is 1.87. The van der Waals surface area contributed by atoms with Crippen molar-refractivity contribution in [3.05, 3.63) is 82.5 Å². The molecular weight excluding hydrogens is 522 g/mol. The van der Waals surface area contributed by atoms with Crippen LogP contribution in [-0.4, -0.2) is 34.5 Å². The van der Waals surface area contributed by atoms with Crippen molar-refractivity contribution in [2.75, 3.05) is 18.5 Å². The van der Waals surface area contributed by atoms with Gasteiger partial charge in [-0.25, -0.2) is 9.78 Å². The first-order chi connectivity index (χ1) is 17.2. The molecule has 0 atom stereocenters. The number of nitrogens with zero attached hydrogens (tertiary/aromatic N) is 2. The average Bonchev–Trinajstić information content (AvgIpc) is 3.20. The normalized spacial score (nSPS) is 11.4. The molecule has 4 aromatic rings. The largest absolute Gasteiger partial charge is 0.465 e. The first-order valence-corrected chi connectivity index (χ1v) is 12.5. The molecule has 2 aromatic heterocycles. The minimum Gasteiger partial charge on any atom is -0.465 e. The molecule has 1 N–H and O–H groups in total. The van der Waals surface area contributed by atoms with Gasteiger partial charge in [0, 0.05) is 16.2 Å². The highest BCUT2D eigenvalue weighted by atomic mass is 79.9. The first-order valence-electron chi connectivity index (χ1n) is 11.7. The van der Waals surface area contributed by atoms with Crippen LogP contribution in [-0.2, 0) is 14.9 Å². The average molecular weight is 550 g/mol. The summed E-state index contributed by atoms with van der Waals surface area (Å²) >= 11 is 3.49. The van der Waals surface area contributed by atoms with Crippen molar-refractivity contribution < 1.29 is 19.1 Å². The maximum absolute atomic E-state index is 12.8. The number of nitrogens with one attached hydrogen (secondary N) is 1. The third-order valence-corrected chi connectivity index (χ3v) is 6.06. The Morgan fingerprint density at radius 1 is 1.06 bits per heavy atom. The second kappa shape index (κ2) is 10.5. The number of pyridine rings is 1. The quantitative estimate of drug-likeness (QED) is 0.216. The van der Waals surface area contributed by atoms with Gasteiger partial charge in [0.25, 0.3) is 0 Å². The zero-order valence-electron chi connectivity index (χ0n) is 20.7. The van der Waals surface area contributed by atoms with E-state index >= 15 is 0 Å². The molecule has 0 radical (unpaired) electrons. The van der Waals surface area contributed by atoms with Crippen LogP contribution >= 0.6 is 15.9 Å². The summed E-state index contributed by atoms with van der Waals surface area (Å²) in [6.45, 7) is 8.43. The van der Waals surface area contributed by atoms with Crippen LogP contribution in [0.3, 0.4) is 0 Å². The fourth-order valence-corrected chi connectivity index (χ4v) is 4.07. The van der Waals surface area contributed by atoms with E-state index in [4.69, 9.17) is 14.5 Å². The van der Waals surface area contributed by atoms with Gasteiger partial charge in [0.1, 0.15) is 29.5 Å². The number of rotatable bonds is 7. The van der Waals surface area contributed by atoms with Gasteiger partial charge in [-0.2, -0.15) is 0 Å². The number of hydrogen-bond acceptors (Lipinski definition) is 6. The molecule has 0 fully saturated rings. The van der Waals surface area contributed by atoms with Gasteiger partial charge >= 0.3 is 11.9 Å². The van der Waals surface area contributed by atoms with Crippen molar-refractivity contribution >= 4 is 39.3 Å². The van der Waals surface area contributed by atoms with E-state index in [9.17, 15) is 9.59 Å². The second-order valence-corrected chi connectivity index (χ2v) is 10.2. The number of carbonyl (C=O) groups excluding carboxylic acids is 2. The number of fused-ring (bicyclic) bond motifs is 1. The minimum atomic E-state index is -0.438. The molecule has 2 heterocycles. The van der Waals surface area contributed by atoms with Crippen LogP contribution in [0.25, 0.3) is 16.9 Å². The lowest BCUT2D eigenvalue weighted by molar-refractivity contribution is -0.140. The van der Waals surface area contributed by atoms with Gasteiger partial charge in [-0.15, -0.1) is 0 Å². The molecule has 0 spiro atoms. The topological polar surface area (TPSA) is 81.9 Å². The first kappa shape index (κ1) is 25.4. The van der Waals surface area contributed by atoms with Crippen LogP contribution in [0.4, 0.5) is 5.82 Å². The van der Waals surface area contributed by atoms with Crippen molar-refractivity contribution in [3.8, 4) is 17.0 Å². The summed E-state index contributed by atoms with van der Waals surface area (Å²) in [4.78, 5) is 29.5. The van der Waals surface area contributed by atoms with E-state index in [2.05, 4.69) is 42.0 Å². The lowest BCUT2D eigenvalue weighted by Gasteiger charge is -2.18. The van der Waals surface area contributed by atoms with Crippen LogP contribution in [0.5, 0.6) is 5.75 Å². The Kier molecular flexibility index (Phi) is 7.45. The van der Waals surface area contributed by atoms with E-state index in [1.54, 1.807) is 37.3 Å². The van der Waals surface area contributed by atoms with E-state index in [1.165, 1.54) is 0 Å². The number of halogens is 1. The van der Waals surface area contributed by atoms with E-state index in [-0.39, 0.29) is 17.9 Å². The molecule has 2 aromatic carbocycles. The van der Waals surface area contributed by atoms with E-state index < -0.39 is 5.97 Å². The Labute approximate surface area is 218 Å². The van der Waals surface area contributed by atoms with Crippen molar-refractivity contribution in [3.63, 3.8) is 0 Å². The Morgan fingerprint density at radius 3 is 2.50 bits per heavy atom. The Hall–Kier alpha value is -3.65. The lowest BCUT2D eigenvalue weighted by atomic mass is 9.87. The third kappa shape index (κ3) is 5.76. The summed E-state index contributed by atoms with van der Waals surface area (Å²) in [7, 11) is 0. The van der Waals surface area contributed by atoms with Crippen molar-refractivity contribution in [2.24, 2.45) is 0 Å². The van der Waals surface area contributed by atoms with Gasteiger partial charge in [0.2, 0.25) is 0 Å². The maximum Gasteiger partial charge on any atom is 0.343 e. The molecule has 36 heavy (non-hydrogen) atoms. The van der Waals surface area contributed by atoms with Gasteiger partial charge < -0.3 is 14.8 Å². The monoisotopic (exact) mass is 549 g/mol. The molecule has 0 saturated heterocycles. The summed E-state index contributed by atoms with van der Waals surface area (Å²) in [5.41, 5.74) is 3.66. The zero-order chi connectivity index (χ0) is 25.9. The number of ether oxygens (including phenoxy) is 2. The van der Waals surface area contributed by atoms with Gasteiger partial charge in [0.15, 0.2) is 0 Å². The number of carbonyl (C=O) groups is 2. The van der Waals surface area contributed by atoms with Gasteiger partial charge in [-0.3, -0.25) is 9.20 Å². The van der Waals surface area contributed by atoms with Crippen molar-refractivity contribution in [2.45, 2.75) is 33.1 Å². The summed E-state index contributed by atoms with van der Waals surface area (Å²) in [5.74, 6) is 0.216. The smallest absolute Gasteiger partial charge is 0.343 e. The molecule has 0 bridgehead atoms. The Morgan fingerprint density at radius 2 is 1.81 bits per heavy atom. The highest BCUT2D eigenvalue weighted by Crippen LogP contribution is 2.32. The van der Waals surface area contributed by atoms with Crippen molar-refractivity contribution in [1.82, 2.24) is 9.38 Å². The van der Waals surface area contributed by atoms with Crippen LogP contribution < -0.4 is 10.1 Å². The van der Waals surface area contributed by atoms with Gasteiger partial charge in [-0.1, -0.05) is 45.0 Å². The molecular formula is C28H28BrN3O4. The number of hydrogen-bond donors (Lipinski definition) is 1. The fourth-order valence-electron chi connectivity index (χ4n) is 3.74. The molecule has 4 rings (SSSR count). The fraction of sp³-hybridized carbons (Fsp3) is 0.250. The number of imidazole rings is 1. The zero-order valence-corrected chi connectivity index (χ0v) is 22.3. The van der Waals surface area contributed by atoms with Crippen LogP contribution in [0.15, 0.2) is 71.3 Å². The second-order valence-electron chi connectivity index (χ2n) is 9.29. The van der Waals surface area contributed by atoms with Crippen molar-refractivity contribution in [1.29, 1.82) is 0 Å². The lowest BCUT2D eigenvalue weighted by Crippen LogP contribution is -2.17. The van der Waals surface area contributed by atoms with E-state index in [0.717, 1.165) is 15.6 Å². The molecule has 7 nitrogen and oxygen atoms in total. The summed E-state index contributed by atoms with van der Waals surface area (Å²) < 4.78 is 13.4. The minimum absolute atomic E-state index is 0.000528. The number of anilines is 1. The SMILES string of the molecule is CCOC(=O)CNc1c(-c2cccc(OC(=O)c3ccc(C(C)(C)C)cc3)c2)nc2ccc(Br)cn12. The predicted molar refractivity (Wildman–Crippen MR) is 144 cm³/mol. The Bertz CT molecular complexity index is 1400. The summed E-state index contributed by atoms with van der Waals surface area (Å²) in [6, 6.07) is 18.4. The molecule has 0 aliphatic rings. The van der Waals surface area contributed by atoms with Crippen LogP contribution in [0, 0.1) is 0 Å². The maximum atomic E-state index is 12.8. The van der Waals surface area contributed by atoms with Crippen LogP contribution in [0.2, 0.25) is 0 Å². The highest BCUT2D eigenvalue weighted by molar-refractivity contribution is 9.10. The summed E-state index contributed by atoms with van der Waals surface area (Å²) in [5, 5.41) is 3.15. The molecule has 186 valence electrons. The predicted octanol–water partition coefficient (Wildman–Crippen LogP) is 6.26. The number of benzene rings is 2. The number of esters is 2. The molecule has 8 heteroatoms. The van der Waals surface area contributed by atoms with E-state index in [1.807, 2.05) is 40.9 Å². The van der Waals surface area contributed by atoms with Gasteiger partial charge in [0.05, 0.1) is 12.2 Å². The standard InChI is InChI=1S/C28H28BrN3O4/c1-5-35-24(33)16-30-26-25(31-23-14-13-21(29)17-32(23)26)19-7-6-8-22(15-19)36-27(34)18-9-11-20(12-10-18)28(2,3)4/h6-15,17,30H,5,16H2,1-4H3. The molecule has 0 unspecified atom stereocenters. The third-order valence-electron chi connectivity index (χ3n) is 5.59. The van der Waals surface area contributed by atoms with E-state index in [0.29, 0.717) is 35.1 Å². The van der Waals surface area contributed by atoms with Crippen LogP contribution in [0.1, 0.15) is 43.6 Å². The Balaban J connectivity index is 1.62. The molecule has 0 saturated carbocycles. The highest BCUT2D eigenvalue weighted by Gasteiger charge is 2.18. The molecule has 0 aliphatic carbocycles. The molecule has 0 amide bonds.